The van der Waals surface area contributed by atoms with Crippen molar-refractivity contribution in [3.05, 3.63) is 78.7 Å². The zero-order chi connectivity index (χ0) is 15.0. The number of anilines is 1. The highest BCUT2D eigenvalue weighted by atomic mass is 15.1. The van der Waals surface area contributed by atoms with Gasteiger partial charge in [0.15, 0.2) is 0 Å². The van der Waals surface area contributed by atoms with Crippen molar-refractivity contribution in [3.63, 3.8) is 0 Å². The van der Waals surface area contributed by atoms with Crippen LogP contribution < -0.4 is 4.90 Å². The zero-order valence-electron chi connectivity index (χ0n) is 12.9. The molecule has 0 bridgehead atoms. The standard InChI is InChI=1S/C19H25N/c1-6-9-11-17(5)20(18(8-3)10-7-2)19-14-12-16(4)13-15-19/h7,9-15H,2,5-6,8H2,1,3-4H3/b11-9-,18-10+. The van der Waals surface area contributed by atoms with Crippen LogP contribution in [0.1, 0.15) is 32.3 Å². The number of benzene rings is 1. The molecule has 0 aliphatic carbocycles. The van der Waals surface area contributed by atoms with E-state index in [0.29, 0.717) is 0 Å². The van der Waals surface area contributed by atoms with Crippen molar-refractivity contribution in [1.82, 2.24) is 0 Å². The van der Waals surface area contributed by atoms with Crippen molar-refractivity contribution in [1.29, 1.82) is 0 Å². The Hall–Kier alpha value is -2.02. The summed E-state index contributed by atoms with van der Waals surface area (Å²) in [5.41, 5.74) is 4.56. The zero-order valence-corrected chi connectivity index (χ0v) is 12.9. The van der Waals surface area contributed by atoms with Gasteiger partial charge in [0.1, 0.15) is 0 Å². The lowest BCUT2D eigenvalue weighted by Gasteiger charge is -2.27. The van der Waals surface area contributed by atoms with Gasteiger partial charge in [-0.2, -0.15) is 0 Å². The summed E-state index contributed by atoms with van der Waals surface area (Å²) in [5.74, 6) is 0. The summed E-state index contributed by atoms with van der Waals surface area (Å²) < 4.78 is 0. The Balaban J connectivity index is 3.22. The Kier molecular flexibility index (Phi) is 6.58. The molecule has 0 aliphatic heterocycles. The van der Waals surface area contributed by atoms with Gasteiger partial charge in [0.05, 0.1) is 0 Å². The van der Waals surface area contributed by atoms with Crippen LogP contribution in [0.3, 0.4) is 0 Å². The van der Waals surface area contributed by atoms with E-state index < -0.39 is 0 Å². The predicted molar refractivity (Wildman–Crippen MR) is 90.8 cm³/mol. The van der Waals surface area contributed by atoms with Gasteiger partial charge >= 0.3 is 0 Å². The lowest BCUT2D eigenvalue weighted by molar-refractivity contribution is 0.985. The van der Waals surface area contributed by atoms with Gasteiger partial charge in [0.25, 0.3) is 0 Å². The topological polar surface area (TPSA) is 3.24 Å². The van der Waals surface area contributed by atoms with Crippen molar-refractivity contribution in [2.45, 2.75) is 33.6 Å². The highest BCUT2D eigenvalue weighted by Gasteiger charge is 2.12. The summed E-state index contributed by atoms with van der Waals surface area (Å²) in [4.78, 5) is 2.19. The van der Waals surface area contributed by atoms with Crippen LogP contribution in [0, 0.1) is 6.92 Å². The Labute approximate surface area is 123 Å². The van der Waals surface area contributed by atoms with Crippen LogP contribution in [0.5, 0.6) is 0 Å². The van der Waals surface area contributed by atoms with Gasteiger partial charge in [0.2, 0.25) is 0 Å². The summed E-state index contributed by atoms with van der Waals surface area (Å²) in [6.07, 6.45) is 10.0. The molecule has 0 spiro atoms. The van der Waals surface area contributed by atoms with E-state index in [1.165, 1.54) is 11.3 Å². The highest BCUT2D eigenvalue weighted by Crippen LogP contribution is 2.26. The van der Waals surface area contributed by atoms with E-state index in [1.807, 2.05) is 12.2 Å². The Morgan fingerprint density at radius 2 is 1.85 bits per heavy atom. The molecule has 0 radical (unpaired) electrons. The molecule has 1 nitrogen and oxygen atoms in total. The summed E-state index contributed by atoms with van der Waals surface area (Å²) in [5, 5.41) is 0. The van der Waals surface area contributed by atoms with Crippen LogP contribution in [-0.4, -0.2) is 0 Å². The van der Waals surface area contributed by atoms with E-state index in [9.17, 15) is 0 Å². The van der Waals surface area contributed by atoms with E-state index in [1.54, 1.807) is 0 Å². The van der Waals surface area contributed by atoms with Crippen molar-refractivity contribution >= 4 is 5.69 Å². The maximum absolute atomic E-state index is 4.21. The second-order valence-electron chi connectivity index (χ2n) is 4.72. The molecule has 0 saturated carbocycles. The van der Waals surface area contributed by atoms with E-state index in [0.717, 1.165) is 24.2 Å². The summed E-state index contributed by atoms with van der Waals surface area (Å²) in [7, 11) is 0. The molecular weight excluding hydrogens is 242 g/mol. The fourth-order valence-corrected chi connectivity index (χ4v) is 2.02. The van der Waals surface area contributed by atoms with Gasteiger partial charge in [-0.05, 0) is 44.1 Å². The lowest BCUT2D eigenvalue weighted by Crippen LogP contribution is -2.19. The molecular formula is C19H25N. The number of hydrogen-bond acceptors (Lipinski definition) is 1. The lowest BCUT2D eigenvalue weighted by atomic mass is 10.1. The smallest absolute Gasteiger partial charge is 0.0458 e. The number of aryl methyl sites for hydroxylation is 1. The summed E-state index contributed by atoms with van der Waals surface area (Å²) >= 11 is 0. The molecule has 0 fully saturated rings. The van der Waals surface area contributed by atoms with Crippen molar-refractivity contribution < 1.29 is 0 Å². The maximum Gasteiger partial charge on any atom is 0.0458 e. The monoisotopic (exact) mass is 267 g/mol. The molecule has 0 aliphatic rings. The second-order valence-corrected chi connectivity index (χ2v) is 4.72. The molecule has 1 aromatic rings. The molecule has 0 heterocycles. The van der Waals surface area contributed by atoms with Gasteiger partial charge in [0, 0.05) is 17.1 Å². The van der Waals surface area contributed by atoms with Crippen molar-refractivity contribution in [2.75, 3.05) is 4.90 Å². The molecule has 0 amide bonds. The molecule has 106 valence electrons. The second kappa shape index (κ2) is 8.21. The summed E-state index contributed by atoms with van der Waals surface area (Å²) in [6.45, 7) is 14.4. The van der Waals surface area contributed by atoms with Crippen LogP contribution in [0.4, 0.5) is 5.69 Å². The largest absolute Gasteiger partial charge is 0.315 e. The van der Waals surface area contributed by atoms with Crippen LogP contribution in [0.2, 0.25) is 0 Å². The average Bonchev–Trinajstić information content (AvgIpc) is 2.46. The molecule has 1 rings (SSSR count). The van der Waals surface area contributed by atoms with E-state index >= 15 is 0 Å². The SMILES string of the molecule is C=C/C=C(\CC)N(C(=C)/C=C\CC)c1ccc(C)cc1. The fraction of sp³-hybridized carbons (Fsp3) is 0.263. The van der Waals surface area contributed by atoms with Gasteiger partial charge in [-0.1, -0.05) is 56.9 Å². The highest BCUT2D eigenvalue weighted by molar-refractivity contribution is 5.60. The first-order valence-corrected chi connectivity index (χ1v) is 7.17. The van der Waals surface area contributed by atoms with Gasteiger partial charge < -0.3 is 4.90 Å². The molecule has 0 aromatic heterocycles. The van der Waals surface area contributed by atoms with Crippen LogP contribution in [0.25, 0.3) is 0 Å². The minimum absolute atomic E-state index is 0.929. The third-order valence-corrected chi connectivity index (χ3v) is 3.09. The fourth-order valence-electron chi connectivity index (χ4n) is 2.02. The molecule has 1 heteroatoms. The first-order chi connectivity index (χ1) is 9.63. The Morgan fingerprint density at radius 3 is 2.35 bits per heavy atom. The first kappa shape index (κ1) is 16.0. The number of rotatable bonds is 7. The first-order valence-electron chi connectivity index (χ1n) is 7.17. The van der Waals surface area contributed by atoms with Crippen molar-refractivity contribution in [3.8, 4) is 0 Å². The van der Waals surface area contributed by atoms with Gasteiger partial charge in [-0.3, -0.25) is 0 Å². The molecule has 0 unspecified atom stereocenters. The van der Waals surface area contributed by atoms with Crippen molar-refractivity contribution in [2.24, 2.45) is 0 Å². The minimum Gasteiger partial charge on any atom is -0.315 e. The predicted octanol–water partition coefficient (Wildman–Crippen LogP) is 5.76. The molecule has 0 atom stereocenters. The minimum atomic E-state index is 0.929. The molecule has 20 heavy (non-hydrogen) atoms. The Morgan fingerprint density at radius 1 is 1.20 bits per heavy atom. The van der Waals surface area contributed by atoms with Crippen LogP contribution in [-0.2, 0) is 0 Å². The quantitative estimate of drug-likeness (QED) is 0.568. The Bertz CT molecular complexity index is 503. The van der Waals surface area contributed by atoms with Crippen LogP contribution >= 0.6 is 0 Å². The number of hydrogen-bond donors (Lipinski definition) is 0. The molecule has 0 N–H and O–H groups in total. The number of allylic oxidation sites excluding steroid dienone is 5. The molecule has 1 aromatic carbocycles. The van der Waals surface area contributed by atoms with E-state index in [2.05, 4.69) is 75.2 Å². The van der Waals surface area contributed by atoms with Gasteiger partial charge in [-0.25, -0.2) is 0 Å². The number of nitrogens with zero attached hydrogens (tertiary/aromatic N) is 1. The normalized spacial score (nSPS) is 11.7. The van der Waals surface area contributed by atoms with Gasteiger partial charge in [-0.15, -0.1) is 0 Å². The van der Waals surface area contributed by atoms with E-state index in [-0.39, 0.29) is 0 Å². The average molecular weight is 267 g/mol. The van der Waals surface area contributed by atoms with Crippen LogP contribution in [0.15, 0.2) is 73.1 Å². The van der Waals surface area contributed by atoms with E-state index in [4.69, 9.17) is 0 Å². The summed E-state index contributed by atoms with van der Waals surface area (Å²) in [6, 6.07) is 8.51. The maximum atomic E-state index is 4.21. The molecule has 0 saturated heterocycles. The third-order valence-electron chi connectivity index (χ3n) is 3.09. The third kappa shape index (κ3) is 4.27.